The van der Waals surface area contributed by atoms with Crippen LogP contribution in [0.15, 0.2) is 42.5 Å². The van der Waals surface area contributed by atoms with Gasteiger partial charge in [-0.3, -0.25) is 4.79 Å². The molecule has 0 bridgehead atoms. The van der Waals surface area contributed by atoms with Crippen molar-refractivity contribution in [3.8, 4) is 5.75 Å². The predicted octanol–water partition coefficient (Wildman–Crippen LogP) is 5.24. The molecule has 0 aliphatic heterocycles. The van der Waals surface area contributed by atoms with Crippen molar-refractivity contribution in [3.05, 3.63) is 63.6 Å². The Morgan fingerprint density at radius 1 is 1.16 bits per heavy atom. The molecule has 1 amide bonds. The summed E-state index contributed by atoms with van der Waals surface area (Å²) in [6.45, 7) is 5.18. The molecule has 0 saturated carbocycles. The van der Waals surface area contributed by atoms with Gasteiger partial charge in [0.2, 0.25) is 5.91 Å². The van der Waals surface area contributed by atoms with Gasteiger partial charge in [-0.15, -0.1) is 0 Å². The number of carbonyl (C=O) groups excluding carboxylic acids is 1. The fourth-order valence-electron chi connectivity index (χ4n) is 2.50. The first-order valence-corrected chi connectivity index (χ1v) is 9.15. The van der Waals surface area contributed by atoms with Gasteiger partial charge >= 0.3 is 0 Å². The summed E-state index contributed by atoms with van der Waals surface area (Å²) < 4.78 is 5.79. The summed E-state index contributed by atoms with van der Waals surface area (Å²) in [7, 11) is 0. The van der Waals surface area contributed by atoms with Crippen LogP contribution in [0.2, 0.25) is 10.0 Å². The Balaban J connectivity index is 1.72. The lowest BCUT2D eigenvalue weighted by Crippen LogP contribution is -2.28. The van der Waals surface area contributed by atoms with Crippen molar-refractivity contribution in [1.29, 1.82) is 0 Å². The van der Waals surface area contributed by atoms with Gasteiger partial charge in [0.05, 0.1) is 6.54 Å². The first-order chi connectivity index (χ1) is 12.0. The van der Waals surface area contributed by atoms with E-state index in [-0.39, 0.29) is 5.91 Å². The highest BCUT2D eigenvalue weighted by atomic mass is 35.5. The third kappa shape index (κ3) is 6.26. The number of carbonyl (C=O) groups is 1. The topological polar surface area (TPSA) is 38.3 Å². The number of ether oxygens (including phenoxy) is 1. The zero-order chi connectivity index (χ0) is 18.2. The van der Waals surface area contributed by atoms with Crippen molar-refractivity contribution in [1.82, 2.24) is 5.32 Å². The Labute approximate surface area is 159 Å². The normalized spacial score (nSPS) is 10.8. The van der Waals surface area contributed by atoms with Gasteiger partial charge in [-0.05, 0) is 41.7 Å². The van der Waals surface area contributed by atoms with Crippen LogP contribution in [0.4, 0.5) is 0 Å². The lowest BCUT2D eigenvalue weighted by molar-refractivity contribution is -0.121. The van der Waals surface area contributed by atoms with Crippen LogP contribution in [0.3, 0.4) is 0 Å². The molecule has 5 heteroatoms. The first-order valence-electron chi connectivity index (χ1n) is 8.39. The van der Waals surface area contributed by atoms with Gasteiger partial charge in [-0.1, -0.05) is 61.3 Å². The molecule has 25 heavy (non-hydrogen) atoms. The van der Waals surface area contributed by atoms with Gasteiger partial charge in [-0.2, -0.15) is 0 Å². The Hall–Kier alpha value is -1.71. The summed E-state index contributed by atoms with van der Waals surface area (Å²) in [5.74, 6) is 1.25. The van der Waals surface area contributed by atoms with E-state index in [2.05, 4.69) is 25.2 Å². The number of nitrogens with one attached hydrogen (secondary N) is 1. The van der Waals surface area contributed by atoms with Crippen LogP contribution in [0, 0.1) is 0 Å². The fourth-order valence-corrected chi connectivity index (χ4v) is 3.00. The molecule has 2 rings (SSSR count). The van der Waals surface area contributed by atoms with Crippen molar-refractivity contribution in [2.75, 3.05) is 13.2 Å². The van der Waals surface area contributed by atoms with E-state index in [1.54, 1.807) is 12.1 Å². The molecular formula is C20H23Cl2NO2. The number of halogens is 2. The van der Waals surface area contributed by atoms with Crippen LogP contribution in [0.25, 0.3) is 0 Å². The molecule has 2 aromatic carbocycles. The molecule has 0 aliphatic rings. The second-order valence-corrected chi connectivity index (χ2v) is 6.97. The third-order valence-electron chi connectivity index (χ3n) is 3.86. The fraction of sp³-hybridized carbons (Fsp3) is 0.350. The minimum Gasteiger partial charge on any atom is -0.491 e. The molecule has 0 saturated heterocycles. The second kappa shape index (κ2) is 9.69. The number of amides is 1. The van der Waals surface area contributed by atoms with E-state index in [1.807, 2.05) is 24.3 Å². The van der Waals surface area contributed by atoms with Crippen molar-refractivity contribution in [2.24, 2.45) is 0 Å². The lowest BCUT2D eigenvalue weighted by Gasteiger charge is -2.14. The van der Waals surface area contributed by atoms with E-state index in [0.29, 0.717) is 42.0 Å². The van der Waals surface area contributed by atoms with Gasteiger partial charge in [0, 0.05) is 16.5 Å². The molecule has 1 N–H and O–H groups in total. The van der Waals surface area contributed by atoms with Crippen LogP contribution < -0.4 is 10.1 Å². The van der Waals surface area contributed by atoms with E-state index in [9.17, 15) is 4.79 Å². The summed E-state index contributed by atoms with van der Waals surface area (Å²) in [6, 6.07) is 13.3. The molecule has 0 unspecified atom stereocenters. The maximum atomic E-state index is 11.9. The standard InChI is InChI=1S/C20H23Cl2NO2/c1-14(2)17-5-3-4-6-19(17)25-12-11-23-20(24)10-8-15-7-9-16(21)13-18(15)22/h3-7,9,13-14H,8,10-12H2,1-2H3,(H,23,24). The number of para-hydroxylation sites is 1. The van der Waals surface area contributed by atoms with Gasteiger partial charge in [0.15, 0.2) is 0 Å². The highest BCUT2D eigenvalue weighted by molar-refractivity contribution is 6.35. The van der Waals surface area contributed by atoms with Gasteiger partial charge in [0.25, 0.3) is 0 Å². The van der Waals surface area contributed by atoms with Gasteiger partial charge < -0.3 is 10.1 Å². The van der Waals surface area contributed by atoms with Crippen LogP contribution in [-0.4, -0.2) is 19.1 Å². The largest absolute Gasteiger partial charge is 0.491 e. The highest BCUT2D eigenvalue weighted by Crippen LogP contribution is 2.25. The maximum Gasteiger partial charge on any atom is 0.220 e. The lowest BCUT2D eigenvalue weighted by atomic mass is 10.0. The average molecular weight is 380 g/mol. The van der Waals surface area contributed by atoms with Gasteiger partial charge in [-0.25, -0.2) is 0 Å². The maximum absolute atomic E-state index is 11.9. The number of hydrogen-bond acceptors (Lipinski definition) is 2. The predicted molar refractivity (Wildman–Crippen MR) is 104 cm³/mol. The van der Waals surface area contributed by atoms with Crippen molar-refractivity contribution in [3.63, 3.8) is 0 Å². The number of rotatable bonds is 8. The molecule has 0 aliphatic carbocycles. The quantitative estimate of drug-likeness (QED) is 0.636. The van der Waals surface area contributed by atoms with E-state index in [1.165, 1.54) is 5.56 Å². The minimum atomic E-state index is -0.0215. The first kappa shape index (κ1) is 19.6. The number of hydrogen-bond donors (Lipinski definition) is 1. The summed E-state index contributed by atoms with van der Waals surface area (Å²) in [4.78, 5) is 11.9. The smallest absolute Gasteiger partial charge is 0.220 e. The Morgan fingerprint density at radius 3 is 2.64 bits per heavy atom. The van der Waals surface area contributed by atoms with Crippen molar-refractivity contribution < 1.29 is 9.53 Å². The summed E-state index contributed by atoms with van der Waals surface area (Å²) in [5, 5.41) is 4.06. The monoisotopic (exact) mass is 379 g/mol. The van der Waals surface area contributed by atoms with Crippen LogP contribution in [0.1, 0.15) is 37.3 Å². The Bertz CT molecular complexity index is 717. The van der Waals surface area contributed by atoms with E-state index < -0.39 is 0 Å². The minimum absolute atomic E-state index is 0.0215. The molecule has 0 fully saturated rings. The zero-order valence-corrected chi connectivity index (χ0v) is 16.0. The average Bonchev–Trinajstić information content (AvgIpc) is 2.58. The van der Waals surface area contributed by atoms with E-state index >= 15 is 0 Å². The summed E-state index contributed by atoms with van der Waals surface area (Å²) in [5.41, 5.74) is 2.09. The molecule has 3 nitrogen and oxygen atoms in total. The molecule has 2 aromatic rings. The van der Waals surface area contributed by atoms with Crippen molar-refractivity contribution >= 4 is 29.1 Å². The van der Waals surface area contributed by atoms with Crippen LogP contribution in [-0.2, 0) is 11.2 Å². The third-order valence-corrected chi connectivity index (χ3v) is 4.45. The summed E-state index contributed by atoms with van der Waals surface area (Å²) >= 11 is 12.0. The van der Waals surface area contributed by atoms with E-state index in [4.69, 9.17) is 27.9 Å². The molecular weight excluding hydrogens is 357 g/mol. The second-order valence-electron chi connectivity index (χ2n) is 6.13. The Kier molecular flexibility index (Phi) is 7.60. The molecule has 0 heterocycles. The Morgan fingerprint density at radius 2 is 1.92 bits per heavy atom. The molecule has 0 atom stereocenters. The molecule has 134 valence electrons. The molecule has 0 spiro atoms. The SMILES string of the molecule is CC(C)c1ccccc1OCCNC(=O)CCc1ccc(Cl)cc1Cl. The van der Waals surface area contributed by atoms with Crippen molar-refractivity contribution in [2.45, 2.75) is 32.6 Å². The van der Waals surface area contributed by atoms with Gasteiger partial charge in [0.1, 0.15) is 12.4 Å². The number of benzene rings is 2. The zero-order valence-electron chi connectivity index (χ0n) is 14.5. The molecule has 0 radical (unpaired) electrons. The van der Waals surface area contributed by atoms with Crippen LogP contribution in [0.5, 0.6) is 5.75 Å². The highest BCUT2D eigenvalue weighted by Gasteiger charge is 2.08. The van der Waals surface area contributed by atoms with E-state index in [0.717, 1.165) is 11.3 Å². The summed E-state index contributed by atoms with van der Waals surface area (Å²) in [6.07, 6.45) is 0.961. The van der Waals surface area contributed by atoms with Crippen LogP contribution >= 0.6 is 23.2 Å². The molecule has 0 aromatic heterocycles. The number of aryl methyl sites for hydroxylation is 1.